The zero-order chi connectivity index (χ0) is 28.3. The molecule has 0 radical (unpaired) electrons. The number of nitrogens with zero attached hydrogens (tertiary/aromatic N) is 3. The molecule has 5 rings (SSSR count). The number of amides is 1. The molecule has 0 unspecified atom stereocenters. The maximum Gasteiger partial charge on any atom is 0.271 e. The van der Waals surface area contributed by atoms with Crippen molar-refractivity contribution >= 4 is 28.9 Å². The number of rotatable bonds is 6. The third kappa shape index (κ3) is 5.96. The number of hydrogen-bond acceptors (Lipinski definition) is 6. The first-order valence-corrected chi connectivity index (χ1v) is 13.4. The van der Waals surface area contributed by atoms with Crippen LogP contribution in [0, 0.1) is 6.92 Å². The molecular formula is C32H34N6O2. The van der Waals surface area contributed by atoms with Gasteiger partial charge in [-0.1, -0.05) is 57.2 Å². The first kappa shape index (κ1) is 26.9. The zero-order valence-corrected chi connectivity index (χ0v) is 23.3. The molecule has 2 aromatic heterocycles. The van der Waals surface area contributed by atoms with Crippen LogP contribution in [0.1, 0.15) is 48.7 Å². The highest BCUT2D eigenvalue weighted by molar-refractivity contribution is 6.05. The highest BCUT2D eigenvalue weighted by Crippen LogP contribution is 2.30. The summed E-state index contributed by atoms with van der Waals surface area (Å²) < 4.78 is 0. The Balaban J connectivity index is 1.34. The van der Waals surface area contributed by atoms with E-state index in [1.807, 2.05) is 61.5 Å². The molecule has 0 bridgehead atoms. The van der Waals surface area contributed by atoms with E-state index in [0.717, 1.165) is 42.0 Å². The summed E-state index contributed by atoms with van der Waals surface area (Å²) in [7, 11) is 0. The van der Waals surface area contributed by atoms with Crippen molar-refractivity contribution in [2.75, 3.05) is 28.6 Å². The maximum absolute atomic E-state index is 13.0. The summed E-state index contributed by atoms with van der Waals surface area (Å²) in [5.74, 6) is 1.11. The molecule has 4 aromatic rings. The van der Waals surface area contributed by atoms with E-state index in [4.69, 9.17) is 0 Å². The van der Waals surface area contributed by atoms with Gasteiger partial charge >= 0.3 is 0 Å². The van der Waals surface area contributed by atoms with E-state index in [0.29, 0.717) is 22.8 Å². The number of carbonyl (C=O) groups is 1. The second kappa shape index (κ2) is 11.2. The Morgan fingerprint density at radius 2 is 1.77 bits per heavy atom. The minimum absolute atomic E-state index is 0.0191. The molecule has 3 N–H and O–H groups in total. The average Bonchev–Trinajstić information content (AvgIpc) is 2.96. The van der Waals surface area contributed by atoms with Crippen molar-refractivity contribution in [1.29, 1.82) is 0 Å². The summed E-state index contributed by atoms with van der Waals surface area (Å²) in [6.45, 7) is 10.1. The predicted octanol–water partition coefficient (Wildman–Crippen LogP) is 6.20. The van der Waals surface area contributed by atoms with E-state index >= 15 is 0 Å². The monoisotopic (exact) mass is 534 g/mol. The topological polar surface area (TPSA) is 103 Å². The van der Waals surface area contributed by atoms with Crippen LogP contribution in [0.4, 0.5) is 23.0 Å². The first-order chi connectivity index (χ1) is 19.2. The van der Waals surface area contributed by atoms with Crippen molar-refractivity contribution in [3.8, 4) is 11.1 Å². The fraction of sp³-hybridized carbons (Fsp3) is 0.250. The smallest absolute Gasteiger partial charge is 0.271 e. The number of pyridine rings is 1. The predicted molar refractivity (Wildman–Crippen MR) is 162 cm³/mol. The minimum atomic E-state index is -0.267. The second-order valence-corrected chi connectivity index (χ2v) is 11.0. The Bertz CT molecular complexity index is 1600. The van der Waals surface area contributed by atoms with E-state index in [9.17, 15) is 9.59 Å². The first-order valence-electron chi connectivity index (χ1n) is 13.4. The van der Waals surface area contributed by atoms with Crippen molar-refractivity contribution in [1.82, 2.24) is 15.2 Å². The number of anilines is 4. The van der Waals surface area contributed by atoms with Crippen LogP contribution in [0.15, 0.2) is 83.8 Å². The maximum atomic E-state index is 13.0. The van der Waals surface area contributed by atoms with Gasteiger partial charge in [0.2, 0.25) is 0 Å². The van der Waals surface area contributed by atoms with Gasteiger partial charge < -0.3 is 20.5 Å². The van der Waals surface area contributed by atoms with Crippen molar-refractivity contribution in [3.63, 3.8) is 0 Å². The summed E-state index contributed by atoms with van der Waals surface area (Å²) in [4.78, 5) is 30.6. The normalized spacial score (nSPS) is 13.2. The molecule has 40 heavy (non-hydrogen) atoms. The molecule has 1 aliphatic rings. The number of aromatic nitrogens is 3. The molecule has 0 saturated carbocycles. The van der Waals surface area contributed by atoms with E-state index in [1.54, 1.807) is 12.3 Å². The van der Waals surface area contributed by atoms with Crippen molar-refractivity contribution < 1.29 is 4.79 Å². The molecular weight excluding hydrogens is 500 g/mol. The van der Waals surface area contributed by atoms with Gasteiger partial charge in [-0.15, -0.1) is 10.2 Å². The number of hydrogen-bond donors (Lipinski definition) is 3. The molecule has 0 saturated heterocycles. The van der Waals surface area contributed by atoms with Crippen LogP contribution in [-0.2, 0) is 5.41 Å². The van der Waals surface area contributed by atoms with Gasteiger partial charge in [0.1, 0.15) is 5.69 Å². The fourth-order valence-corrected chi connectivity index (χ4v) is 4.68. The van der Waals surface area contributed by atoms with Crippen LogP contribution in [0.3, 0.4) is 0 Å². The number of benzene rings is 2. The van der Waals surface area contributed by atoms with Gasteiger partial charge in [0.05, 0.1) is 0 Å². The molecule has 0 spiro atoms. The highest BCUT2D eigenvalue weighted by atomic mass is 16.1. The van der Waals surface area contributed by atoms with Crippen LogP contribution in [-0.4, -0.2) is 34.2 Å². The Labute approximate surface area is 234 Å². The van der Waals surface area contributed by atoms with Crippen LogP contribution < -0.4 is 21.1 Å². The van der Waals surface area contributed by atoms with Gasteiger partial charge in [0.25, 0.3) is 11.5 Å². The van der Waals surface area contributed by atoms with Crippen molar-refractivity contribution in [3.05, 3.63) is 106 Å². The Hall–Kier alpha value is -4.72. The molecule has 2 aromatic carbocycles. The lowest BCUT2D eigenvalue weighted by Crippen LogP contribution is -2.27. The summed E-state index contributed by atoms with van der Waals surface area (Å²) in [6, 6.07) is 18.9. The zero-order valence-electron chi connectivity index (χ0n) is 23.3. The summed E-state index contributed by atoms with van der Waals surface area (Å²) in [6.07, 6.45) is 6.94. The molecule has 3 heterocycles. The van der Waals surface area contributed by atoms with Crippen molar-refractivity contribution in [2.24, 2.45) is 0 Å². The van der Waals surface area contributed by atoms with Gasteiger partial charge in [0.15, 0.2) is 11.6 Å². The Morgan fingerprint density at radius 1 is 0.975 bits per heavy atom. The quantitative estimate of drug-likeness (QED) is 0.255. The van der Waals surface area contributed by atoms with E-state index in [2.05, 4.69) is 63.6 Å². The van der Waals surface area contributed by atoms with Crippen LogP contribution in [0.25, 0.3) is 11.1 Å². The second-order valence-electron chi connectivity index (χ2n) is 11.0. The van der Waals surface area contributed by atoms with Gasteiger partial charge in [-0.2, -0.15) is 0 Å². The van der Waals surface area contributed by atoms with E-state index in [-0.39, 0.29) is 16.9 Å². The van der Waals surface area contributed by atoms with Crippen LogP contribution in [0.2, 0.25) is 0 Å². The number of nitrogens with one attached hydrogen (secondary N) is 3. The lowest BCUT2D eigenvalue weighted by molar-refractivity contribution is 0.102. The van der Waals surface area contributed by atoms with Gasteiger partial charge in [0, 0.05) is 36.1 Å². The number of aromatic amines is 1. The summed E-state index contributed by atoms with van der Waals surface area (Å²) in [5.41, 5.74) is 5.16. The lowest BCUT2D eigenvalue weighted by atomic mass is 9.86. The third-order valence-electron chi connectivity index (χ3n) is 7.10. The van der Waals surface area contributed by atoms with Crippen LogP contribution in [0.5, 0.6) is 0 Å². The van der Waals surface area contributed by atoms with Gasteiger partial charge in [-0.25, -0.2) is 0 Å². The summed E-state index contributed by atoms with van der Waals surface area (Å²) >= 11 is 0. The van der Waals surface area contributed by atoms with E-state index in [1.165, 1.54) is 5.56 Å². The SMILES string of the molecule is Cc1c(NC(=O)c2ccc(C(C)(C)C)cc2)cccc1-c1c[nH]c(=O)c(Nc2ccc(N3CC=CCC3)nn2)c1. The molecule has 8 heteroatoms. The fourth-order valence-electron chi connectivity index (χ4n) is 4.68. The van der Waals surface area contributed by atoms with Gasteiger partial charge in [-0.3, -0.25) is 9.59 Å². The minimum Gasteiger partial charge on any atom is -0.351 e. The van der Waals surface area contributed by atoms with Gasteiger partial charge in [-0.05, 0) is 71.8 Å². The number of carbonyl (C=O) groups excluding carboxylic acids is 1. The largest absolute Gasteiger partial charge is 0.351 e. The molecule has 1 aliphatic heterocycles. The lowest BCUT2D eigenvalue weighted by Gasteiger charge is -2.23. The molecule has 0 aliphatic carbocycles. The average molecular weight is 535 g/mol. The Kier molecular flexibility index (Phi) is 7.51. The Morgan fingerprint density at radius 3 is 2.45 bits per heavy atom. The highest BCUT2D eigenvalue weighted by Gasteiger charge is 2.16. The molecule has 8 nitrogen and oxygen atoms in total. The molecule has 0 atom stereocenters. The summed E-state index contributed by atoms with van der Waals surface area (Å²) in [5, 5.41) is 14.7. The van der Waals surface area contributed by atoms with E-state index < -0.39 is 0 Å². The third-order valence-corrected chi connectivity index (χ3v) is 7.10. The molecule has 1 amide bonds. The molecule has 204 valence electrons. The molecule has 0 fully saturated rings. The van der Waals surface area contributed by atoms with Crippen molar-refractivity contribution in [2.45, 2.75) is 39.5 Å². The standard InChI is InChI=1S/C32H34N6O2/c1-21-25(9-8-10-26(21)35-30(39)22-11-13-24(14-12-22)32(2,3)4)23-19-27(31(40)33-20-23)34-28-15-16-29(37-36-28)38-17-6-5-7-18-38/h5-6,8-16,19-20H,7,17-18H2,1-4H3,(H,33,40)(H,34,36)(H,35,39). The van der Waals surface area contributed by atoms with Crippen LogP contribution >= 0.6 is 0 Å². The number of H-pyrrole nitrogens is 1.